The molecule has 0 aromatic heterocycles. The first-order chi connectivity index (χ1) is 7.26. The van der Waals surface area contributed by atoms with Gasteiger partial charge in [-0.05, 0) is 41.9 Å². The predicted molar refractivity (Wildman–Crippen MR) is 63.6 cm³/mol. The molecule has 1 saturated carbocycles. The molecule has 0 heterocycles. The number of hydrogen-bond acceptors (Lipinski definition) is 1. The van der Waals surface area contributed by atoms with E-state index >= 15 is 0 Å². The highest BCUT2D eigenvalue weighted by Gasteiger charge is 2.27. The van der Waals surface area contributed by atoms with Gasteiger partial charge in [0.05, 0.1) is 7.11 Å². The monoisotopic (exact) mass is 202 g/mol. The Labute approximate surface area is 91.8 Å². The van der Waals surface area contributed by atoms with Crippen molar-refractivity contribution in [1.82, 2.24) is 0 Å². The van der Waals surface area contributed by atoms with E-state index in [0.29, 0.717) is 5.92 Å². The summed E-state index contributed by atoms with van der Waals surface area (Å²) >= 11 is 0. The third kappa shape index (κ3) is 2.06. The zero-order valence-electron chi connectivity index (χ0n) is 9.49. The van der Waals surface area contributed by atoms with Gasteiger partial charge in [0.25, 0.3) is 0 Å². The molecule has 1 fully saturated rings. The van der Waals surface area contributed by atoms with E-state index in [0.717, 1.165) is 11.7 Å². The van der Waals surface area contributed by atoms with E-state index in [1.165, 1.54) is 24.0 Å². The Morgan fingerprint density at radius 1 is 1.47 bits per heavy atom. The first-order valence-electron chi connectivity index (χ1n) is 5.56. The Hall–Kier alpha value is -1.24. The van der Waals surface area contributed by atoms with Gasteiger partial charge in [-0.15, -0.1) is 6.58 Å². The summed E-state index contributed by atoms with van der Waals surface area (Å²) in [4.78, 5) is 0. The van der Waals surface area contributed by atoms with Crippen LogP contribution in [0.5, 0.6) is 5.75 Å². The summed E-state index contributed by atoms with van der Waals surface area (Å²) in [6.45, 7) is 6.01. The fourth-order valence-electron chi connectivity index (χ4n) is 1.89. The molecule has 0 bridgehead atoms. The normalized spacial score (nSPS) is 17.2. The third-order valence-electron chi connectivity index (χ3n) is 3.15. The first kappa shape index (κ1) is 10.3. The third-order valence-corrected chi connectivity index (χ3v) is 3.15. The Morgan fingerprint density at radius 2 is 2.20 bits per heavy atom. The largest absolute Gasteiger partial charge is 0.496 e. The summed E-state index contributed by atoms with van der Waals surface area (Å²) in [6.07, 6.45) is 4.60. The van der Waals surface area contributed by atoms with Crippen LogP contribution in [0.2, 0.25) is 0 Å². The van der Waals surface area contributed by atoms with Crippen molar-refractivity contribution >= 4 is 0 Å². The molecule has 15 heavy (non-hydrogen) atoms. The second-order valence-electron chi connectivity index (χ2n) is 4.30. The lowest BCUT2D eigenvalue weighted by Gasteiger charge is -2.12. The molecule has 1 nitrogen and oxygen atoms in total. The Balaban J connectivity index is 2.35. The molecular weight excluding hydrogens is 184 g/mol. The summed E-state index contributed by atoms with van der Waals surface area (Å²) in [5.41, 5.74) is 2.72. The molecule has 0 radical (unpaired) electrons. The Bertz CT molecular complexity index is 364. The van der Waals surface area contributed by atoms with Crippen molar-refractivity contribution < 1.29 is 4.74 Å². The number of rotatable bonds is 4. The molecule has 0 N–H and O–H groups in total. The van der Waals surface area contributed by atoms with Crippen LogP contribution in [-0.2, 0) is 0 Å². The standard InChI is InChI=1S/C14H18O/c1-4-10(2)12-7-8-14(15-3)13(9-12)11-5-6-11/h4,7-11H,1,5-6H2,2-3H3. The van der Waals surface area contributed by atoms with Crippen LogP contribution >= 0.6 is 0 Å². The van der Waals surface area contributed by atoms with Crippen LogP contribution in [0.3, 0.4) is 0 Å². The molecule has 1 aliphatic rings. The fourth-order valence-corrected chi connectivity index (χ4v) is 1.89. The molecule has 0 spiro atoms. The lowest BCUT2D eigenvalue weighted by atomic mass is 9.97. The maximum Gasteiger partial charge on any atom is 0.122 e. The highest BCUT2D eigenvalue weighted by Crippen LogP contribution is 2.45. The van der Waals surface area contributed by atoms with E-state index in [9.17, 15) is 0 Å². The van der Waals surface area contributed by atoms with Gasteiger partial charge in [-0.3, -0.25) is 0 Å². The molecule has 1 heteroatoms. The average Bonchev–Trinajstić information content (AvgIpc) is 3.11. The van der Waals surface area contributed by atoms with E-state index in [4.69, 9.17) is 4.74 Å². The maximum atomic E-state index is 5.39. The smallest absolute Gasteiger partial charge is 0.122 e. The van der Waals surface area contributed by atoms with Crippen molar-refractivity contribution in [3.63, 3.8) is 0 Å². The van der Waals surface area contributed by atoms with E-state index < -0.39 is 0 Å². The van der Waals surface area contributed by atoms with Crippen molar-refractivity contribution in [2.75, 3.05) is 7.11 Å². The number of ether oxygens (including phenoxy) is 1. The van der Waals surface area contributed by atoms with Crippen LogP contribution in [-0.4, -0.2) is 7.11 Å². The topological polar surface area (TPSA) is 9.23 Å². The van der Waals surface area contributed by atoms with E-state index in [1.54, 1.807) is 7.11 Å². The van der Waals surface area contributed by atoms with Gasteiger partial charge in [-0.1, -0.05) is 25.1 Å². The number of hydrogen-bond donors (Lipinski definition) is 0. The van der Waals surface area contributed by atoms with Crippen LogP contribution in [0.4, 0.5) is 0 Å². The van der Waals surface area contributed by atoms with Crippen molar-refractivity contribution in [1.29, 1.82) is 0 Å². The molecule has 0 amide bonds. The van der Waals surface area contributed by atoms with Gasteiger partial charge in [0.15, 0.2) is 0 Å². The summed E-state index contributed by atoms with van der Waals surface area (Å²) in [7, 11) is 1.75. The van der Waals surface area contributed by atoms with Gasteiger partial charge < -0.3 is 4.74 Å². The highest BCUT2D eigenvalue weighted by atomic mass is 16.5. The second kappa shape index (κ2) is 4.09. The van der Waals surface area contributed by atoms with Crippen molar-refractivity contribution in [3.05, 3.63) is 42.0 Å². The first-order valence-corrected chi connectivity index (χ1v) is 5.56. The number of benzene rings is 1. The highest BCUT2D eigenvalue weighted by molar-refractivity contribution is 5.43. The SMILES string of the molecule is C=CC(C)c1ccc(OC)c(C2CC2)c1. The summed E-state index contributed by atoms with van der Waals surface area (Å²) in [5, 5.41) is 0. The van der Waals surface area contributed by atoms with Crippen LogP contribution in [0, 0.1) is 0 Å². The Kier molecular flexibility index (Phi) is 2.81. The second-order valence-corrected chi connectivity index (χ2v) is 4.30. The van der Waals surface area contributed by atoms with Gasteiger partial charge in [0.1, 0.15) is 5.75 Å². The fraction of sp³-hybridized carbons (Fsp3) is 0.429. The Morgan fingerprint density at radius 3 is 2.73 bits per heavy atom. The molecule has 1 unspecified atom stereocenters. The van der Waals surface area contributed by atoms with Gasteiger partial charge >= 0.3 is 0 Å². The predicted octanol–water partition coefficient (Wildman–Crippen LogP) is 3.86. The molecule has 80 valence electrons. The lowest BCUT2D eigenvalue weighted by Crippen LogP contribution is -1.94. The number of allylic oxidation sites excluding steroid dienone is 1. The van der Waals surface area contributed by atoms with Gasteiger partial charge in [-0.25, -0.2) is 0 Å². The summed E-state index contributed by atoms with van der Waals surface area (Å²) in [6, 6.07) is 6.50. The summed E-state index contributed by atoms with van der Waals surface area (Å²) in [5.74, 6) is 2.20. The minimum absolute atomic E-state index is 0.424. The minimum Gasteiger partial charge on any atom is -0.496 e. The minimum atomic E-state index is 0.424. The summed E-state index contributed by atoms with van der Waals surface area (Å²) < 4.78 is 5.39. The van der Waals surface area contributed by atoms with E-state index in [1.807, 2.05) is 6.08 Å². The van der Waals surface area contributed by atoms with Crippen molar-refractivity contribution in [2.45, 2.75) is 31.6 Å². The van der Waals surface area contributed by atoms with E-state index in [-0.39, 0.29) is 0 Å². The lowest BCUT2D eigenvalue weighted by molar-refractivity contribution is 0.409. The van der Waals surface area contributed by atoms with Crippen LogP contribution < -0.4 is 4.74 Å². The average molecular weight is 202 g/mol. The zero-order chi connectivity index (χ0) is 10.8. The maximum absolute atomic E-state index is 5.39. The molecule has 2 rings (SSSR count). The molecule has 0 saturated heterocycles. The number of methoxy groups -OCH3 is 1. The van der Waals surface area contributed by atoms with Crippen LogP contribution in [0.1, 0.15) is 42.7 Å². The van der Waals surface area contributed by atoms with Gasteiger partial charge in [-0.2, -0.15) is 0 Å². The van der Waals surface area contributed by atoms with Gasteiger partial charge in [0.2, 0.25) is 0 Å². The molecule has 1 atom stereocenters. The van der Waals surface area contributed by atoms with Gasteiger partial charge in [0, 0.05) is 0 Å². The molecular formula is C14H18O. The quantitative estimate of drug-likeness (QED) is 0.674. The van der Waals surface area contributed by atoms with Crippen molar-refractivity contribution in [3.8, 4) is 5.75 Å². The van der Waals surface area contributed by atoms with Crippen molar-refractivity contribution in [2.24, 2.45) is 0 Å². The molecule has 1 aromatic rings. The molecule has 1 aromatic carbocycles. The zero-order valence-corrected chi connectivity index (χ0v) is 9.49. The van der Waals surface area contributed by atoms with Crippen LogP contribution in [0.15, 0.2) is 30.9 Å². The van der Waals surface area contributed by atoms with E-state index in [2.05, 4.69) is 31.7 Å². The molecule has 1 aliphatic carbocycles. The molecule has 0 aliphatic heterocycles. The van der Waals surface area contributed by atoms with Crippen LogP contribution in [0.25, 0.3) is 0 Å².